The number of carbonyl (C=O) groups is 2. The van der Waals surface area contributed by atoms with Gasteiger partial charge in [-0.3, -0.25) is 19.7 Å². The third-order valence-electron chi connectivity index (χ3n) is 4.91. The van der Waals surface area contributed by atoms with Crippen LogP contribution in [0.2, 0.25) is 0 Å². The van der Waals surface area contributed by atoms with Gasteiger partial charge in [0.1, 0.15) is 24.1 Å². The molecule has 35 heavy (non-hydrogen) atoms. The van der Waals surface area contributed by atoms with Gasteiger partial charge in [0.2, 0.25) is 0 Å². The summed E-state index contributed by atoms with van der Waals surface area (Å²) >= 11 is 0. The van der Waals surface area contributed by atoms with E-state index in [4.69, 9.17) is 9.47 Å². The van der Waals surface area contributed by atoms with Crippen LogP contribution in [0.5, 0.6) is 11.5 Å². The molecule has 2 N–H and O–H groups in total. The summed E-state index contributed by atoms with van der Waals surface area (Å²) in [5.74, 6) is 0.389. The number of rotatable bonds is 10. The van der Waals surface area contributed by atoms with Crippen LogP contribution in [-0.2, 0) is 11.4 Å². The van der Waals surface area contributed by atoms with E-state index in [1.807, 2.05) is 0 Å². The molecule has 1 atom stereocenters. The molecule has 2 amide bonds. The van der Waals surface area contributed by atoms with Crippen LogP contribution in [0.3, 0.4) is 0 Å². The Morgan fingerprint density at radius 2 is 1.63 bits per heavy atom. The number of nitrogens with zero attached hydrogens (tertiary/aromatic N) is 2. The van der Waals surface area contributed by atoms with Crippen molar-refractivity contribution in [1.82, 2.24) is 10.7 Å². The van der Waals surface area contributed by atoms with Gasteiger partial charge in [0.15, 0.2) is 0 Å². The molecule has 10 nitrogen and oxygen atoms in total. The molecule has 0 radical (unpaired) electrons. The first-order chi connectivity index (χ1) is 16.9. The molecular formula is C25H24N4O6. The lowest BCUT2D eigenvalue weighted by molar-refractivity contribution is -0.384. The van der Waals surface area contributed by atoms with Crippen LogP contribution in [0.4, 0.5) is 5.69 Å². The van der Waals surface area contributed by atoms with Crippen molar-refractivity contribution in [2.75, 3.05) is 7.11 Å². The maximum Gasteiger partial charge on any atom is 0.269 e. The zero-order valence-corrected chi connectivity index (χ0v) is 19.1. The molecule has 0 heterocycles. The lowest BCUT2D eigenvalue weighted by Gasteiger charge is -2.12. The third kappa shape index (κ3) is 7.39. The fourth-order valence-corrected chi connectivity index (χ4v) is 2.89. The number of nitro groups is 1. The molecule has 0 fully saturated rings. The Kier molecular flexibility index (Phi) is 8.49. The topological polar surface area (TPSA) is 132 Å². The predicted molar refractivity (Wildman–Crippen MR) is 130 cm³/mol. The first kappa shape index (κ1) is 24.9. The molecule has 0 aromatic heterocycles. The second-order valence-corrected chi connectivity index (χ2v) is 7.44. The van der Waals surface area contributed by atoms with Crippen LogP contribution in [0.15, 0.2) is 77.9 Å². The normalized spacial score (nSPS) is 11.5. The smallest absolute Gasteiger partial charge is 0.269 e. The van der Waals surface area contributed by atoms with Crippen molar-refractivity contribution in [2.24, 2.45) is 5.10 Å². The Labute approximate surface area is 201 Å². The van der Waals surface area contributed by atoms with Crippen LogP contribution in [-0.4, -0.2) is 36.1 Å². The average molecular weight is 476 g/mol. The number of hydrogen-bond acceptors (Lipinski definition) is 7. The molecule has 180 valence electrons. The van der Waals surface area contributed by atoms with Gasteiger partial charge in [0.05, 0.1) is 18.2 Å². The van der Waals surface area contributed by atoms with Crippen LogP contribution in [0, 0.1) is 10.1 Å². The quantitative estimate of drug-likeness (QED) is 0.262. The Morgan fingerprint density at radius 3 is 2.23 bits per heavy atom. The lowest BCUT2D eigenvalue weighted by atomic mass is 10.2. The lowest BCUT2D eigenvalue weighted by Crippen LogP contribution is -2.43. The van der Waals surface area contributed by atoms with Gasteiger partial charge < -0.3 is 14.8 Å². The number of hydrazone groups is 1. The zero-order chi connectivity index (χ0) is 25.2. The Hall–Kier alpha value is -4.73. The van der Waals surface area contributed by atoms with Crippen molar-refractivity contribution in [1.29, 1.82) is 0 Å². The summed E-state index contributed by atoms with van der Waals surface area (Å²) in [4.78, 5) is 34.7. The average Bonchev–Trinajstić information content (AvgIpc) is 2.88. The van der Waals surface area contributed by atoms with Crippen LogP contribution in [0.25, 0.3) is 0 Å². The SMILES string of the molecule is COc1ccc(C(=O)NC(C)C(=O)NN=Cc2ccc(OCc3ccc([N+](=O)[O-])cc3)cc2)cc1. The molecule has 0 aliphatic heterocycles. The van der Waals surface area contributed by atoms with E-state index in [9.17, 15) is 19.7 Å². The monoisotopic (exact) mass is 476 g/mol. The summed E-state index contributed by atoms with van der Waals surface area (Å²) in [6.07, 6.45) is 1.47. The van der Waals surface area contributed by atoms with E-state index in [0.717, 1.165) is 11.1 Å². The number of carbonyl (C=O) groups excluding carboxylic acids is 2. The first-order valence-corrected chi connectivity index (χ1v) is 10.6. The summed E-state index contributed by atoms with van der Waals surface area (Å²) < 4.78 is 10.7. The second-order valence-electron chi connectivity index (χ2n) is 7.44. The first-order valence-electron chi connectivity index (χ1n) is 10.6. The highest BCUT2D eigenvalue weighted by Crippen LogP contribution is 2.16. The fraction of sp³-hybridized carbons (Fsp3) is 0.160. The largest absolute Gasteiger partial charge is 0.497 e. The summed E-state index contributed by atoms with van der Waals surface area (Å²) in [5, 5.41) is 17.2. The molecule has 0 aliphatic carbocycles. The molecule has 1 unspecified atom stereocenters. The number of amides is 2. The van der Waals surface area contributed by atoms with Gasteiger partial charge in [0.25, 0.3) is 17.5 Å². The van der Waals surface area contributed by atoms with Gasteiger partial charge >= 0.3 is 0 Å². The number of nitro benzene ring substituents is 1. The maximum atomic E-state index is 12.3. The minimum absolute atomic E-state index is 0.0264. The third-order valence-corrected chi connectivity index (χ3v) is 4.91. The summed E-state index contributed by atoms with van der Waals surface area (Å²) in [5.41, 5.74) is 4.36. The highest BCUT2D eigenvalue weighted by Gasteiger charge is 2.16. The number of hydrogen-bond donors (Lipinski definition) is 2. The van der Waals surface area contributed by atoms with Crippen LogP contribution >= 0.6 is 0 Å². The number of nitrogens with one attached hydrogen (secondary N) is 2. The summed E-state index contributed by atoms with van der Waals surface area (Å²) in [6, 6.07) is 18.9. The van der Waals surface area contributed by atoms with Crippen molar-refractivity contribution in [3.63, 3.8) is 0 Å². The molecule has 10 heteroatoms. The van der Waals surface area contributed by atoms with E-state index >= 15 is 0 Å². The molecule has 0 saturated carbocycles. The van der Waals surface area contributed by atoms with Gasteiger partial charge in [-0.25, -0.2) is 5.43 Å². The van der Waals surface area contributed by atoms with Gasteiger partial charge in [-0.05, 0) is 78.7 Å². The van der Waals surface area contributed by atoms with E-state index in [1.165, 1.54) is 25.5 Å². The zero-order valence-electron chi connectivity index (χ0n) is 19.1. The second kappa shape index (κ2) is 11.9. The maximum absolute atomic E-state index is 12.3. The van der Waals surface area contributed by atoms with E-state index in [2.05, 4.69) is 15.8 Å². The highest BCUT2D eigenvalue weighted by atomic mass is 16.6. The Balaban J connectivity index is 1.44. The molecular weight excluding hydrogens is 452 g/mol. The number of non-ortho nitro benzene ring substituents is 1. The van der Waals surface area contributed by atoms with Gasteiger partial charge in [-0.15, -0.1) is 0 Å². The molecule has 3 rings (SSSR count). The van der Waals surface area contributed by atoms with Crippen molar-refractivity contribution in [3.05, 3.63) is 99.6 Å². The van der Waals surface area contributed by atoms with Crippen molar-refractivity contribution >= 4 is 23.7 Å². The minimum atomic E-state index is -0.794. The summed E-state index contributed by atoms with van der Waals surface area (Å²) in [7, 11) is 1.54. The van der Waals surface area contributed by atoms with Gasteiger partial charge in [-0.1, -0.05) is 0 Å². The van der Waals surface area contributed by atoms with Gasteiger partial charge in [-0.2, -0.15) is 5.10 Å². The van der Waals surface area contributed by atoms with Gasteiger partial charge in [0, 0.05) is 17.7 Å². The molecule has 3 aromatic rings. The molecule has 0 bridgehead atoms. The van der Waals surface area contributed by atoms with E-state index in [-0.39, 0.29) is 18.2 Å². The molecule has 0 spiro atoms. The van der Waals surface area contributed by atoms with E-state index in [1.54, 1.807) is 67.6 Å². The van der Waals surface area contributed by atoms with Crippen LogP contribution in [0.1, 0.15) is 28.4 Å². The molecule has 0 saturated heterocycles. The minimum Gasteiger partial charge on any atom is -0.497 e. The number of methoxy groups -OCH3 is 1. The summed E-state index contributed by atoms with van der Waals surface area (Å²) in [6.45, 7) is 1.82. The fourth-order valence-electron chi connectivity index (χ4n) is 2.89. The number of benzene rings is 3. The Morgan fingerprint density at radius 1 is 1.00 bits per heavy atom. The molecule has 3 aromatic carbocycles. The van der Waals surface area contributed by atoms with Crippen molar-refractivity contribution in [2.45, 2.75) is 19.6 Å². The van der Waals surface area contributed by atoms with Crippen LogP contribution < -0.4 is 20.2 Å². The van der Waals surface area contributed by atoms with Crippen molar-refractivity contribution in [3.8, 4) is 11.5 Å². The van der Waals surface area contributed by atoms with E-state index < -0.39 is 16.9 Å². The van der Waals surface area contributed by atoms with Crippen molar-refractivity contribution < 1.29 is 24.0 Å². The Bertz CT molecular complexity index is 1190. The van der Waals surface area contributed by atoms with E-state index in [0.29, 0.717) is 17.1 Å². The molecule has 0 aliphatic rings. The predicted octanol–water partition coefficient (Wildman–Crippen LogP) is 3.45. The highest BCUT2D eigenvalue weighted by molar-refractivity contribution is 5.97. The standard InChI is InChI=1S/C25H24N4O6/c1-17(27-25(31)20-7-13-22(34-2)14-8-20)24(30)28-26-15-18-5-11-23(12-6-18)35-16-19-3-9-21(10-4-19)29(32)33/h3-15,17H,16H2,1-2H3,(H,27,31)(H,28,30). The number of ether oxygens (including phenoxy) is 2.